The van der Waals surface area contributed by atoms with Crippen molar-refractivity contribution in [1.82, 2.24) is 20.4 Å². The zero-order valence-corrected chi connectivity index (χ0v) is 16.4. The van der Waals surface area contributed by atoms with Crippen LogP contribution in [0.15, 0.2) is 35.3 Å². The topological polar surface area (TPSA) is 52.1 Å². The van der Waals surface area contributed by atoms with Crippen LogP contribution in [0.4, 0.5) is 0 Å². The fraction of sp³-hybridized carbons (Fsp3) is 0.650. The van der Waals surface area contributed by atoms with Crippen molar-refractivity contribution in [2.24, 2.45) is 4.99 Å². The average molecular weight is 362 g/mol. The van der Waals surface area contributed by atoms with E-state index in [2.05, 4.69) is 55.8 Å². The van der Waals surface area contributed by atoms with Crippen molar-refractivity contribution in [1.29, 1.82) is 0 Å². The molecule has 0 amide bonds. The number of hydrogen-bond acceptors (Lipinski definition) is 4. The van der Waals surface area contributed by atoms with E-state index in [-0.39, 0.29) is 0 Å². The van der Waals surface area contributed by atoms with Gasteiger partial charge in [0.05, 0.1) is 0 Å². The summed E-state index contributed by atoms with van der Waals surface area (Å²) < 4.78 is 5.34. The van der Waals surface area contributed by atoms with E-state index in [0.29, 0.717) is 0 Å². The van der Waals surface area contributed by atoms with Crippen LogP contribution in [0.1, 0.15) is 18.9 Å². The first-order valence-electron chi connectivity index (χ1n) is 9.82. The molecule has 1 aliphatic heterocycles. The zero-order valence-electron chi connectivity index (χ0n) is 16.4. The number of nitrogens with one attached hydrogen (secondary N) is 2. The number of nitrogens with zero attached hydrogens (tertiary/aromatic N) is 3. The molecule has 0 bridgehead atoms. The van der Waals surface area contributed by atoms with Crippen molar-refractivity contribution in [3.63, 3.8) is 0 Å². The summed E-state index contributed by atoms with van der Waals surface area (Å²) in [5.41, 5.74) is 1.40. The van der Waals surface area contributed by atoms with E-state index < -0.39 is 0 Å². The number of ether oxygens (including phenoxy) is 1. The summed E-state index contributed by atoms with van der Waals surface area (Å²) in [5, 5.41) is 6.73. The molecule has 1 fully saturated rings. The van der Waals surface area contributed by atoms with Crippen molar-refractivity contribution in [3.05, 3.63) is 35.9 Å². The minimum absolute atomic E-state index is 0.783. The highest BCUT2D eigenvalue weighted by Crippen LogP contribution is 2.07. The standard InChI is InChI=1S/C20H35N5O/c1-3-26-17-7-10-22-20(21-2)23-11-12-24-13-15-25(16-14-24)18-19-8-5-4-6-9-19/h4-6,8-9H,3,7,10-18H2,1-2H3,(H2,21,22,23). The van der Waals surface area contributed by atoms with E-state index in [9.17, 15) is 0 Å². The molecule has 2 rings (SSSR count). The third kappa shape index (κ3) is 8.17. The summed E-state index contributed by atoms with van der Waals surface area (Å²) >= 11 is 0. The molecule has 146 valence electrons. The van der Waals surface area contributed by atoms with Crippen LogP contribution in [-0.2, 0) is 11.3 Å². The SMILES string of the molecule is CCOCCCNC(=NC)NCCN1CCN(Cc2ccccc2)CC1. The predicted molar refractivity (Wildman–Crippen MR) is 109 cm³/mol. The van der Waals surface area contributed by atoms with E-state index in [4.69, 9.17) is 4.74 Å². The van der Waals surface area contributed by atoms with Gasteiger partial charge in [0.2, 0.25) is 0 Å². The van der Waals surface area contributed by atoms with Crippen LogP contribution in [0.3, 0.4) is 0 Å². The van der Waals surface area contributed by atoms with Crippen LogP contribution in [0.5, 0.6) is 0 Å². The number of hydrogen-bond donors (Lipinski definition) is 2. The molecule has 1 aliphatic rings. The minimum Gasteiger partial charge on any atom is -0.382 e. The third-order valence-electron chi connectivity index (χ3n) is 4.62. The monoisotopic (exact) mass is 361 g/mol. The molecule has 0 unspecified atom stereocenters. The Balaban J connectivity index is 1.55. The largest absolute Gasteiger partial charge is 0.382 e. The summed E-state index contributed by atoms with van der Waals surface area (Å²) in [6.45, 7) is 12.1. The number of aliphatic imine (C=N–C) groups is 1. The Morgan fingerprint density at radius 1 is 1.04 bits per heavy atom. The molecule has 1 aromatic rings. The average Bonchev–Trinajstić information content (AvgIpc) is 2.68. The summed E-state index contributed by atoms with van der Waals surface area (Å²) in [6.07, 6.45) is 0.998. The molecule has 0 radical (unpaired) electrons. The molecule has 6 nitrogen and oxygen atoms in total. The summed E-state index contributed by atoms with van der Waals surface area (Å²) in [7, 11) is 1.82. The van der Waals surface area contributed by atoms with Crippen molar-refractivity contribution in [2.75, 3.05) is 66.1 Å². The van der Waals surface area contributed by atoms with Gasteiger partial charge >= 0.3 is 0 Å². The van der Waals surface area contributed by atoms with Crippen molar-refractivity contribution < 1.29 is 4.74 Å². The quantitative estimate of drug-likeness (QED) is 0.375. The van der Waals surface area contributed by atoms with Gasteiger partial charge in [0, 0.05) is 72.6 Å². The van der Waals surface area contributed by atoms with Gasteiger partial charge in [-0.25, -0.2) is 0 Å². The summed E-state index contributed by atoms with van der Waals surface area (Å²) in [6, 6.07) is 10.7. The maximum Gasteiger partial charge on any atom is 0.191 e. The molecule has 2 N–H and O–H groups in total. The van der Waals surface area contributed by atoms with Gasteiger partial charge in [-0.15, -0.1) is 0 Å². The fourth-order valence-corrected chi connectivity index (χ4v) is 3.09. The molecule has 1 aromatic carbocycles. The Labute approximate surface area is 158 Å². The lowest BCUT2D eigenvalue weighted by molar-refractivity contribution is 0.129. The highest BCUT2D eigenvalue weighted by atomic mass is 16.5. The lowest BCUT2D eigenvalue weighted by Gasteiger charge is -2.34. The maximum absolute atomic E-state index is 5.34. The van der Waals surface area contributed by atoms with E-state index in [0.717, 1.165) is 78.0 Å². The second-order valence-electron chi connectivity index (χ2n) is 6.58. The van der Waals surface area contributed by atoms with Gasteiger partial charge in [0.25, 0.3) is 0 Å². The van der Waals surface area contributed by atoms with Gasteiger partial charge < -0.3 is 15.4 Å². The lowest BCUT2D eigenvalue weighted by Crippen LogP contribution is -2.49. The third-order valence-corrected chi connectivity index (χ3v) is 4.62. The number of rotatable bonds is 10. The molecule has 0 saturated carbocycles. The van der Waals surface area contributed by atoms with Crippen molar-refractivity contribution in [2.45, 2.75) is 19.9 Å². The van der Waals surface area contributed by atoms with Crippen LogP contribution in [0, 0.1) is 0 Å². The van der Waals surface area contributed by atoms with Crippen LogP contribution in [0.25, 0.3) is 0 Å². The number of piperazine rings is 1. The molecule has 26 heavy (non-hydrogen) atoms. The first-order chi connectivity index (χ1) is 12.8. The molecular formula is C20H35N5O. The van der Waals surface area contributed by atoms with Gasteiger partial charge in [0.1, 0.15) is 0 Å². The first kappa shape index (κ1) is 20.7. The highest BCUT2D eigenvalue weighted by molar-refractivity contribution is 5.79. The van der Waals surface area contributed by atoms with Crippen LogP contribution >= 0.6 is 0 Å². The molecule has 0 aliphatic carbocycles. The summed E-state index contributed by atoms with van der Waals surface area (Å²) in [5.74, 6) is 0.879. The molecular weight excluding hydrogens is 326 g/mol. The second-order valence-corrected chi connectivity index (χ2v) is 6.58. The molecule has 0 atom stereocenters. The van der Waals surface area contributed by atoms with Gasteiger partial charge in [-0.05, 0) is 18.9 Å². The Morgan fingerprint density at radius 3 is 2.42 bits per heavy atom. The van der Waals surface area contributed by atoms with Crippen molar-refractivity contribution >= 4 is 5.96 Å². The molecule has 1 saturated heterocycles. The van der Waals surface area contributed by atoms with Crippen LogP contribution < -0.4 is 10.6 Å². The van der Waals surface area contributed by atoms with Gasteiger partial charge in [-0.3, -0.25) is 14.8 Å². The Hall–Kier alpha value is -1.63. The van der Waals surface area contributed by atoms with Crippen LogP contribution in [-0.4, -0.2) is 81.8 Å². The zero-order chi connectivity index (χ0) is 18.5. The molecule has 1 heterocycles. The second kappa shape index (κ2) is 12.7. The predicted octanol–water partition coefficient (Wildman–Crippen LogP) is 1.40. The molecule has 6 heteroatoms. The fourth-order valence-electron chi connectivity index (χ4n) is 3.09. The lowest BCUT2D eigenvalue weighted by atomic mass is 10.2. The van der Waals surface area contributed by atoms with Gasteiger partial charge in [-0.1, -0.05) is 30.3 Å². The van der Waals surface area contributed by atoms with E-state index >= 15 is 0 Å². The minimum atomic E-state index is 0.783. The van der Waals surface area contributed by atoms with Gasteiger partial charge in [-0.2, -0.15) is 0 Å². The van der Waals surface area contributed by atoms with E-state index in [1.54, 1.807) is 0 Å². The summed E-state index contributed by atoms with van der Waals surface area (Å²) in [4.78, 5) is 9.34. The van der Waals surface area contributed by atoms with Gasteiger partial charge in [0.15, 0.2) is 5.96 Å². The van der Waals surface area contributed by atoms with E-state index in [1.807, 2.05) is 14.0 Å². The maximum atomic E-state index is 5.34. The Bertz CT molecular complexity index is 500. The van der Waals surface area contributed by atoms with E-state index in [1.165, 1.54) is 5.56 Å². The highest BCUT2D eigenvalue weighted by Gasteiger charge is 2.16. The first-order valence-corrected chi connectivity index (χ1v) is 9.82. The number of benzene rings is 1. The molecule has 0 spiro atoms. The Morgan fingerprint density at radius 2 is 1.73 bits per heavy atom. The normalized spacial score (nSPS) is 16.6. The number of guanidine groups is 1. The van der Waals surface area contributed by atoms with Crippen LogP contribution in [0.2, 0.25) is 0 Å². The molecule has 0 aromatic heterocycles. The van der Waals surface area contributed by atoms with Crippen molar-refractivity contribution in [3.8, 4) is 0 Å². The smallest absolute Gasteiger partial charge is 0.191 e. The Kier molecular flexibility index (Phi) is 10.1.